The number of hydrogen-bond donors (Lipinski definition) is 1. The minimum absolute atomic E-state index is 0. The third-order valence-corrected chi connectivity index (χ3v) is 2.26. The number of hydrogen-bond acceptors (Lipinski definition) is 2. The second-order valence-electron chi connectivity index (χ2n) is 3.25. The Bertz CT molecular complexity index is 319. The van der Waals surface area contributed by atoms with E-state index < -0.39 is 0 Å². The number of nitrogen functional groups attached to an aromatic ring is 1. The van der Waals surface area contributed by atoms with E-state index in [1.54, 1.807) is 6.07 Å². The van der Waals surface area contributed by atoms with Gasteiger partial charge in [0.2, 0.25) is 0 Å². The van der Waals surface area contributed by atoms with Crippen molar-refractivity contribution in [1.82, 2.24) is 0 Å². The van der Waals surface area contributed by atoms with Crippen LogP contribution in [0.2, 0.25) is 5.02 Å². The third-order valence-electron chi connectivity index (χ3n) is 1.95. The number of anilines is 1. The van der Waals surface area contributed by atoms with Crippen LogP contribution in [0.3, 0.4) is 0 Å². The average molecular weight is 332 g/mol. The van der Waals surface area contributed by atoms with Gasteiger partial charge in [0.1, 0.15) is 0 Å². The summed E-state index contributed by atoms with van der Waals surface area (Å²) in [5.74, 6) is 0.709. The van der Waals surface area contributed by atoms with Gasteiger partial charge in [0, 0.05) is 38.5 Å². The van der Waals surface area contributed by atoms with E-state index in [0.29, 0.717) is 23.1 Å². The van der Waals surface area contributed by atoms with E-state index in [9.17, 15) is 0 Å². The maximum absolute atomic E-state index is 5.84. The topological polar surface area (TPSA) is 35.2 Å². The molecule has 0 atom stereocenters. The molecule has 0 aliphatic carbocycles. The Morgan fingerprint density at radius 1 is 1.41 bits per heavy atom. The first kappa shape index (κ1) is 19.6. The summed E-state index contributed by atoms with van der Waals surface area (Å²) < 4.78 is 5.52. The molecule has 17 heavy (non-hydrogen) atoms. The first-order chi connectivity index (χ1) is 7.65. The molecule has 2 N–H and O–H groups in total. The number of rotatable bonds is 4. The molecule has 1 aromatic rings. The molecule has 0 heterocycles. The molecule has 0 amide bonds. The Labute approximate surface area is 135 Å². The van der Waals surface area contributed by atoms with Gasteiger partial charge in [-0.2, -0.15) is 11.6 Å². The molecule has 0 aliphatic rings. The van der Waals surface area contributed by atoms with Crippen LogP contribution in [0.4, 0.5) is 5.69 Å². The van der Waals surface area contributed by atoms with E-state index in [1.807, 2.05) is 20.8 Å². The standard InChI is InChI=1S/C11H15ClNO.C2H6.Y/c1-3-4-5-14-11-7-10(13)9(12)6-8(11)2;1-2;/h6H,3-5,13H2,1-2H3;1-2H3;/q-1;;. The number of halogens is 1. The van der Waals surface area contributed by atoms with Crippen LogP contribution < -0.4 is 10.5 Å². The minimum atomic E-state index is 0. The Morgan fingerprint density at radius 2 is 2.00 bits per heavy atom. The van der Waals surface area contributed by atoms with Crippen molar-refractivity contribution in [3.8, 4) is 5.75 Å². The van der Waals surface area contributed by atoms with Crippen LogP contribution in [0.25, 0.3) is 0 Å². The summed E-state index contributed by atoms with van der Waals surface area (Å²) in [6, 6.07) is 4.73. The number of nitrogens with two attached hydrogens (primary N) is 1. The van der Waals surface area contributed by atoms with Crippen LogP contribution in [0.1, 0.15) is 39.2 Å². The smallest absolute Gasteiger partial charge is 0.0850 e. The van der Waals surface area contributed by atoms with Crippen molar-refractivity contribution < 1.29 is 37.4 Å². The molecule has 0 spiro atoms. The second-order valence-corrected chi connectivity index (χ2v) is 3.65. The van der Waals surface area contributed by atoms with Gasteiger partial charge in [-0.25, -0.2) is 0 Å². The Hall–Kier alpha value is 0.214. The maximum Gasteiger partial charge on any atom is 0.0850 e. The van der Waals surface area contributed by atoms with Gasteiger partial charge < -0.3 is 10.5 Å². The van der Waals surface area contributed by atoms with Crippen molar-refractivity contribution >= 4 is 17.3 Å². The maximum atomic E-state index is 5.84. The molecule has 0 saturated heterocycles. The fraction of sp³-hybridized carbons (Fsp3) is 0.538. The quantitative estimate of drug-likeness (QED) is 0.509. The average Bonchev–Trinajstić information content (AvgIpc) is 2.28. The third kappa shape index (κ3) is 7.28. The van der Waals surface area contributed by atoms with Crippen LogP contribution in [0.5, 0.6) is 5.75 Å². The van der Waals surface area contributed by atoms with E-state index >= 15 is 0 Å². The molecule has 0 fully saturated rings. The molecule has 95 valence electrons. The van der Waals surface area contributed by atoms with Crippen LogP contribution in [0.15, 0.2) is 6.07 Å². The fourth-order valence-electron chi connectivity index (χ4n) is 1.08. The van der Waals surface area contributed by atoms with Crippen molar-refractivity contribution in [2.24, 2.45) is 0 Å². The monoisotopic (exact) mass is 331 g/mol. The summed E-state index contributed by atoms with van der Waals surface area (Å²) in [7, 11) is 0. The molecular formula is C13H21ClNOY-. The van der Waals surface area contributed by atoms with Crippen molar-refractivity contribution in [3.05, 3.63) is 22.7 Å². The summed E-state index contributed by atoms with van der Waals surface area (Å²) in [6.45, 7) is 8.76. The van der Waals surface area contributed by atoms with Crippen molar-refractivity contribution in [1.29, 1.82) is 0 Å². The SMILES string of the molecule is CC.CCCCOc1[c-]c(N)c(Cl)cc1C.[Y]. The Kier molecular flexibility index (Phi) is 13.0. The molecule has 0 bridgehead atoms. The number of benzene rings is 1. The van der Waals surface area contributed by atoms with Gasteiger partial charge in [0.25, 0.3) is 0 Å². The van der Waals surface area contributed by atoms with Gasteiger partial charge >= 0.3 is 0 Å². The van der Waals surface area contributed by atoms with Crippen molar-refractivity contribution in [2.75, 3.05) is 12.3 Å². The van der Waals surface area contributed by atoms with E-state index in [4.69, 9.17) is 22.1 Å². The zero-order chi connectivity index (χ0) is 12.6. The van der Waals surface area contributed by atoms with Crippen LogP contribution in [-0.2, 0) is 32.7 Å². The van der Waals surface area contributed by atoms with Gasteiger partial charge in [-0.1, -0.05) is 39.8 Å². The van der Waals surface area contributed by atoms with E-state index in [2.05, 4.69) is 13.0 Å². The van der Waals surface area contributed by atoms with Crippen LogP contribution in [0, 0.1) is 13.0 Å². The molecule has 1 rings (SSSR count). The molecule has 0 aliphatic heterocycles. The zero-order valence-electron chi connectivity index (χ0n) is 11.1. The molecule has 4 heteroatoms. The molecule has 1 radical (unpaired) electrons. The summed E-state index contributed by atoms with van der Waals surface area (Å²) in [5.41, 5.74) is 7.05. The van der Waals surface area contributed by atoms with Crippen molar-refractivity contribution in [3.63, 3.8) is 0 Å². The molecule has 0 unspecified atom stereocenters. The first-order valence-corrected chi connectivity index (χ1v) is 6.13. The van der Waals surface area contributed by atoms with E-state index in [0.717, 1.165) is 18.4 Å². The Balaban J connectivity index is 0. The molecule has 0 saturated carbocycles. The minimum Gasteiger partial charge on any atom is -0.519 e. The van der Waals surface area contributed by atoms with Gasteiger partial charge in [0.05, 0.1) is 6.61 Å². The predicted molar refractivity (Wildman–Crippen MR) is 71.2 cm³/mol. The molecular weight excluding hydrogens is 311 g/mol. The van der Waals surface area contributed by atoms with Crippen molar-refractivity contribution in [2.45, 2.75) is 40.5 Å². The summed E-state index contributed by atoms with van der Waals surface area (Å²) in [4.78, 5) is 0. The fourth-order valence-corrected chi connectivity index (χ4v) is 1.29. The Morgan fingerprint density at radius 3 is 2.53 bits per heavy atom. The molecule has 2 nitrogen and oxygen atoms in total. The zero-order valence-corrected chi connectivity index (χ0v) is 14.7. The number of ether oxygens (including phenoxy) is 1. The van der Waals surface area contributed by atoms with Crippen LogP contribution >= 0.6 is 11.6 Å². The van der Waals surface area contributed by atoms with Gasteiger partial charge in [-0.05, 0) is 11.4 Å². The van der Waals surface area contributed by atoms with E-state index in [1.165, 1.54) is 0 Å². The number of aryl methyl sites for hydroxylation is 1. The second kappa shape index (κ2) is 11.3. The largest absolute Gasteiger partial charge is 0.519 e. The van der Waals surface area contributed by atoms with E-state index in [-0.39, 0.29) is 32.7 Å². The van der Waals surface area contributed by atoms with Crippen LogP contribution in [-0.4, -0.2) is 6.61 Å². The van der Waals surface area contributed by atoms with Gasteiger partial charge in [0.15, 0.2) is 0 Å². The molecule has 0 aromatic heterocycles. The summed E-state index contributed by atoms with van der Waals surface area (Å²) >= 11 is 5.84. The summed E-state index contributed by atoms with van der Waals surface area (Å²) in [6.07, 6.45) is 2.15. The molecule has 1 aromatic carbocycles. The van der Waals surface area contributed by atoms with Gasteiger partial charge in [-0.3, -0.25) is 0 Å². The summed E-state index contributed by atoms with van der Waals surface area (Å²) in [5, 5.41) is 0.533. The first-order valence-electron chi connectivity index (χ1n) is 5.75. The normalized spacial score (nSPS) is 8.76. The predicted octanol–water partition coefficient (Wildman–Crippen LogP) is 4.23. The van der Waals surface area contributed by atoms with Gasteiger partial charge in [-0.15, -0.1) is 17.7 Å². The number of unbranched alkanes of at least 4 members (excludes halogenated alkanes) is 1.